The first-order valence-electron chi connectivity index (χ1n) is 10.6. The lowest BCUT2D eigenvalue weighted by molar-refractivity contribution is 0.103. The van der Waals surface area contributed by atoms with Crippen molar-refractivity contribution in [1.82, 2.24) is 4.98 Å². The van der Waals surface area contributed by atoms with E-state index in [1.807, 2.05) is 73.7 Å². The molecule has 0 saturated carbocycles. The molecule has 5 aromatic rings. The van der Waals surface area contributed by atoms with Crippen LogP contribution in [0.5, 0.6) is 23.0 Å². The fraction of sp³-hybridized carbons (Fsp3) is 0.111. The Kier molecular flexibility index (Phi) is 5.77. The zero-order valence-electron chi connectivity index (χ0n) is 18.9. The van der Waals surface area contributed by atoms with Crippen molar-refractivity contribution in [2.45, 2.75) is 6.92 Å². The average molecular weight is 471 g/mol. The second-order valence-corrected chi connectivity index (χ2v) is 9.01. The van der Waals surface area contributed by atoms with Crippen molar-refractivity contribution in [2.75, 3.05) is 19.5 Å². The van der Waals surface area contributed by atoms with Gasteiger partial charge in [-0.3, -0.25) is 9.78 Å². The van der Waals surface area contributed by atoms with Crippen molar-refractivity contribution in [1.29, 1.82) is 0 Å². The van der Waals surface area contributed by atoms with Crippen LogP contribution in [0.25, 0.3) is 21.7 Å². The first-order valence-corrected chi connectivity index (χ1v) is 11.5. The lowest BCUT2D eigenvalue weighted by atomic mass is 10.1. The molecule has 7 heteroatoms. The highest BCUT2D eigenvalue weighted by atomic mass is 32.1. The van der Waals surface area contributed by atoms with E-state index in [1.54, 1.807) is 20.4 Å². The van der Waals surface area contributed by atoms with Gasteiger partial charge in [-0.1, -0.05) is 12.1 Å². The van der Waals surface area contributed by atoms with Crippen LogP contribution in [-0.4, -0.2) is 25.1 Å². The molecule has 2 heterocycles. The maximum absolute atomic E-state index is 12.5. The molecular weight excluding hydrogens is 448 g/mol. The van der Waals surface area contributed by atoms with Gasteiger partial charge in [0, 0.05) is 28.2 Å². The molecule has 34 heavy (non-hydrogen) atoms. The second kappa shape index (κ2) is 9.03. The molecule has 0 fully saturated rings. The van der Waals surface area contributed by atoms with Gasteiger partial charge in [-0.15, -0.1) is 11.3 Å². The number of fused-ring (bicyclic) bond motifs is 2. The van der Waals surface area contributed by atoms with E-state index in [-0.39, 0.29) is 5.91 Å². The highest BCUT2D eigenvalue weighted by molar-refractivity contribution is 7.14. The summed E-state index contributed by atoms with van der Waals surface area (Å²) in [5.41, 5.74) is 1.50. The molecule has 0 aliphatic heterocycles. The third-order valence-electron chi connectivity index (χ3n) is 5.47. The van der Waals surface area contributed by atoms with Crippen molar-refractivity contribution in [3.8, 4) is 23.0 Å². The molecule has 0 spiro atoms. The summed E-state index contributed by atoms with van der Waals surface area (Å²) >= 11 is 1.48. The largest absolute Gasteiger partial charge is 0.493 e. The van der Waals surface area contributed by atoms with Gasteiger partial charge in [0.05, 0.1) is 24.6 Å². The summed E-state index contributed by atoms with van der Waals surface area (Å²) in [5.74, 6) is 2.48. The van der Waals surface area contributed by atoms with Gasteiger partial charge in [0.25, 0.3) is 5.91 Å². The molecule has 1 amide bonds. The van der Waals surface area contributed by atoms with Crippen LogP contribution in [0.15, 0.2) is 72.9 Å². The molecule has 0 bridgehead atoms. The molecule has 0 radical (unpaired) electrons. The number of carbonyl (C=O) groups excluding carboxylic acids is 1. The Morgan fingerprint density at radius 3 is 2.38 bits per heavy atom. The minimum atomic E-state index is -0.103. The van der Waals surface area contributed by atoms with E-state index in [9.17, 15) is 4.79 Å². The molecule has 3 aromatic carbocycles. The maximum atomic E-state index is 12.5. The van der Waals surface area contributed by atoms with E-state index >= 15 is 0 Å². The number of nitrogens with zero attached hydrogens (tertiary/aromatic N) is 1. The number of ether oxygens (including phenoxy) is 3. The van der Waals surface area contributed by atoms with Crippen LogP contribution in [0.3, 0.4) is 0 Å². The van der Waals surface area contributed by atoms with Crippen LogP contribution >= 0.6 is 11.3 Å². The molecule has 170 valence electrons. The summed E-state index contributed by atoms with van der Waals surface area (Å²) in [6.45, 7) is 1.99. The van der Waals surface area contributed by atoms with E-state index in [0.717, 1.165) is 32.2 Å². The van der Waals surface area contributed by atoms with Crippen LogP contribution in [0, 0.1) is 6.92 Å². The SMILES string of the molecule is COc1cc2nccc(Oc3ccc4cc(NC(=O)c5ccc(C)s5)ccc4c3)c2cc1OC. The predicted octanol–water partition coefficient (Wildman–Crippen LogP) is 6.82. The highest BCUT2D eigenvalue weighted by Gasteiger charge is 2.12. The van der Waals surface area contributed by atoms with Crippen LogP contribution in [0.1, 0.15) is 14.5 Å². The standard InChI is InChI=1S/C27H22N2O4S/c1-16-4-9-26(34-16)27(30)29-19-7-5-18-13-20(8-6-17(18)12-19)33-23-10-11-28-22-15-25(32-3)24(31-2)14-21(22)23/h4-15H,1-3H3,(H,29,30). The van der Waals surface area contributed by atoms with Gasteiger partial charge in [-0.2, -0.15) is 0 Å². The van der Waals surface area contributed by atoms with Crippen molar-refractivity contribution in [3.05, 3.63) is 82.7 Å². The Morgan fingerprint density at radius 1 is 0.853 bits per heavy atom. The number of benzene rings is 3. The van der Waals surface area contributed by atoms with Crippen molar-refractivity contribution >= 4 is 44.6 Å². The third kappa shape index (κ3) is 4.25. The Hall–Kier alpha value is -4.10. The third-order valence-corrected chi connectivity index (χ3v) is 6.47. The lowest BCUT2D eigenvalue weighted by Gasteiger charge is -2.13. The van der Waals surface area contributed by atoms with Gasteiger partial charge >= 0.3 is 0 Å². The number of rotatable bonds is 6. The number of hydrogen-bond acceptors (Lipinski definition) is 6. The molecule has 0 unspecified atom stereocenters. The summed E-state index contributed by atoms with van der Waals surface area (Å²) in [5, 5.41) is 5.79. The van der Waals surface area contributed by atoms with E-state index in [4.69, 9.17) is 14.2 Å². The van der Waals surface area contributed by atoms with Crippen LogP contribution < -0.4 is 19.5 Å². The topological polar surface area (TPSA) is 69.7 Å². The number of amides is 1. The molecule has 1 N–H and O–H groups in total. The van der Waals surface area contributed by atoms with E-state index in [2.05, 4.69) is 10.3 Å². The van der Waals surface area contributed by atoms with Gasteiger partial charge in [-0.05, 0) is 66.2 Å². The highest BCUT2D eigenvalue weighted by Crippen LogP contribution is 2.37. The number of nitrogens with one attached hydrogen (secondary N) is 1. The minimum Gasteiger partial charge on any atom is -0.493 e. The number of pyridine rings is 1. The fourth-order valence-electron chi connectivity index (χ4n) is 3.78. The van der Waals surface area contributed by atoms with Gasteiger partial charge in [0.1, 0.15) is 11.5 Å². The normalized spacial score (nSPS) is 10.9. The quantitative estimate of drug-likeness (QED) is 0.295. The van der Waals surface area contributed by atoms with Gasteiger partial charge in [0.15, 0.2) is 11.5 Å². The summed E-state index contributed by atoms with van der Waals surface area (Å²) < 4.78 is 17.0. The second-order valence-electron chi connectivity index (χ2n) is 7.72. The summed E-state index contributed by atoms with van der Waals surface area (Å²) in [6, 6.07) is 21.0. The predicted molar refractivity (Wildman–Crippen MR) is 136 cm³/mol. The van der Waals surface area contributed by atoms with Crippen molar-refractivity contribution < 1.29 is 19.0 Å². The first-order chi connectivity index (χ1) is 16.5. The van der Waals surface area contributed by atoms with Gasteiger partial charge in [0.2, 0.25) is 0 Å². The number of anilines is 1. The molecule has 6 nitrogen and oxygen atoms in total. The molecular formula is C27H22N2O4S. The Bertz CT molecular complexity index is 1530. The first kappa shape index (κ1) is 21.7. The lowest BCUT2D eigenvalue weighted by Crippen LogP contribution is -2.09. The van der Waals surface area contributed by atoms with Crippen molar-refractivity contribution in [2.24, 2.45) is 0 Å². The molecule has 0 atom stereocenters. The Morgan fingerprint density at radius 2 is 1.62 bits per heavy atom. The minimum absolute atomic E-state index is 0.103. The molecule has 0 saturated heterocycles. The number of thiophene rings is 1. The molecule has 0 aliphatic rings. The molecule has 5 rings (SSSR count). The van der Waals surface area contributed by atoms with Crippen molar-refractivity contribution in [3.63, 3.8) is 0 Å². The zero-order valence-corrected chi connectivity index (χ0v) is 19.7. The number of carbonyl (C=O) groups is 1. The smallest absolute Gasteiger partial charge is 0.265 e. The fourth-order valence-corrected chi connectivity index (χ4v) is 4.54. The summed E-state index contributed by atoms with van der Waals surface area (Å²) in [4.78, 5) is 18.7. The van der Waals surface area contributed by atoms with E-state index < -0.39 is 0 Å². The maximum Gasteiger partial charge on any atom is 0.265 e. The summed E-state index contributed by atoms with van der Waals surface area (Å²) in [6.07, 6.45) is 1.70. The van der Waals surface area contributed by atoms with Gasteiger partial charge in [-0.25, -0.2) is 0 Å². The van der Waals surface area contributed by atoms with Crippen LogP contribution in [0.2, 0.25) is 0 Å². The zero-order chi connectivity index (χ0) is 23.7. The Balaban J connectivity index is 1.41. The van der Waals surface area contributed by atoms with Crippen LogP contribution in [-0.2, 0) is 0 Å². The molecule has 2 aromatic heterocycles. The van der Waals surface area contributed by atoms with Gasteiger partial charge < -0.3 is 19.5 Å². The monoisotopic (exact) mass is 470 g/mol. The van der Waals surface area contributed by atoms with Crippen LogP contribution in [0.4, 0.5) is 5.69 Å². The number of hydrogen-bond donors (Lipinski definition) is 1. The molecule has 0 aliphatic carbocycles. The number of aryl methyl sites for hydroxylation is 1. The number of aromatic nitrogens is 1. The Labute approximate surface area is 200 Å². The van der Waals surface area contributed by atoms with E-state index in [0.29, 0.717) is 27.9 Å². The van der Waals surface area contributed by atoms with E-state index in [1.165, 1.54) is 11.3 Å². The summed E-state index contributed by atoms with van der Waals surface area (Å²) in [7, 11) is 3.20. The number of methoxy groups -OCH3 is 2. The average Bonchev–Trinajstić information content (AvgIpc) is 3.30.